The first kappa shape index (κ1) is 14.9. The van der Waals surface area contributed by atoms with Crippen molar-refractivity contribution in [2.24, 2.45) is 5.41 Å². The van der Waals surface area contributed by atoms with Crippen molar-refractivity contribution >= 4 is 5.97 Å². The fraction of sp³-hybridized carbons (Fsp3) is 0.643. The van der Waals surface area contributed by atoms with Crippen LogP contribution in [0.15, 0.2) is 24.8 Å². The van der Waals surface area contributed by atoms with Gasteiger partial charge in [-0.1, -0.05) is 18.2 Å². The van der Waals surface area contributed by atoms with Gasteiger partial charge in [0, 0.05) is 0 Å². The van der Waals surface area contributed by atoms with Crippen LogP contribution in [0.5, 0.6) is 0 Å². The zero-order chi connectivity index (χ0) is 14.1. The summed E-state index contributed by atoms with van der Waals surface area (Å²) in [7, 11) is 1.35. The van der Waals surface area contributed by atoms with Crippen LogP contribution in [0.2, 0.25) is 0 Å². The summed E-state index contributed by atoms with van der Waals surface area (Å²) in [5, 5.41) is 0. The van der Waals surface area contributed by atoms with Crippen LogP contribution in [0.25, 0.3) is 0 Å². The van der Waals surface area contributed by atoms with Gasteiger partial charge >= 0.3 is 5.97 Å². The summed E-state index contributed by atoms with van der Waals surface area (Å²) in [6, 6.07) is 0. The van der Waals surface area contributed by atoms with E-state index in [4.69, 9.17) is 14.2 Å². The van der Waals surface area contributed by atoms with Gasteiger partial charge in [-0.05, 0) is 27.7 Å². The Kier molecular flexibility index (Phi) is 4.03. The molecular formula is C14H22O4. The van der Waals surface area contributed by atoms with E-state index in [1.807, 2.05) is 6.92 Å². The molecule has 0 N–H and O–H groups in total. The monoisotopic (exact) mass is 254 g/mol. The number of rotatable bonds is 3. The second-order valence-electron chi connectivity index (χ2n) is 5.29. The molecule has 4 heteroatoms. The minimum absolute atomic E-state index is 0.393. The maximum Gasteiger partial charge on any atom is 0.317 e. The predicted octanol–water partition coefficient (Wildman–Crippen LogP) is 2.45. The van der Waals surface area contributed by atoms with Crippen LogP contribution in [0.4, 0.5) is 0 Å². The van der Waals surface area contributed by atoms with Gasteiger partial charge < -0.3 is 14.2 Å². The molecule has 0 saturated carbocycles. The molecule has 0 spiro atoms. The minimum Gasteiger partial charge on any atom is -0.468 e. The molecule has 0 aliphatic carbocycles. The fourth-order valence-corrected chi connectivity index (χ4v) is 2.36. The predicted molar refractivity (Wildman–Crippen MR) is 69.0 cm³/mol. The Hall–Kier alpha value is -1.13. The largest absolute Gasteiger partial charge is 0.468 e. The molecule has 1 saturated heterocycles. The van der Waals surface area contributed by atoms with Crippen molar-refractivity contribution in [1.29, 1.82) is 0 Å². The van der Waals surface area contributed by atoms with Gasteiger partial charge in [0.2, 0.25) is 0 Å². The molecule has 0 aromatic rings. The Bertz CT molecular complexity index is 372. The first-order valence-electron chi connectivity index (χ1n) is 5.91. The SMILES string of the molecule is C=C[C@H]1OC(C)(C)O[C@H](C(=C)C)[C@]1(C)C(=O)OC. The van der Waals surface area contributed by atoms with Crippen molar-refractivity contribution < 1.29 is 19.0 Å². The average Bonchev–Trinajstić information content (AvgIpc) is 2.30. The summed E-state index contributed by atoms with van der Waals surface area (Å²) in [5.41, 5.74) is -0.219. The molecule has 3 atom stereocenters. The van der Waals surface area contributed by atoms with Gasteiger partial charge in [-0.3, -0.25) is 4.79 Å². The van der Waals surface area contributed by atoms with Crippen molar-refractivity contribution in [3.05, 3.63) is 24.8 Å². The molecule has 18 heavy (non-hydrogen) atoms. The van der Waals surface area contributed by atoms with Gasteiger partial charge in [-0.2, -0.15) is 0 Å². The summed E-state index contributed by atoms with van der Waals surface area (Å²) in [4.78, 5) is 12.1. The Balaban J connectivity index is 3.27. The lowest BCUT2D eigenvalue weighted by Crippen LogP contribution is -2.60. The average molecular weight is 254 g/mol. The number of esters is 1. The number of methoxy groups -OCH3 is 1. The van der Waals surface area contributed by atoms with Crippen LogP contribution in [0.3, 0.4) is 0 Å². The van der Waals surface area contributed by atoms with E-state index in [2.05, 4.69) is 13.2 Å². The highest BCUT2D eigenvalue weighted by Gasteiger charge is 2.56. The van der Waals surface area contributed by atoms with Gasteiger partial charge in [-0.15, -0.1) is 6.58 Å². The van der Waals surface area contributed by atoms with Crippen molar-refractivity contribution in [2.75, 3.05) is 7.11 Å². The highest BCUT2D eigenvalue weighted by molar-refractivity contribution is 5.79. The lowest BCUT2D eigenvalue weighted by molar-refractivity contribution is -0.322. The Morgan fingerprint density at radius 3 is 2.28 bits per heavy atom. The van der Waals surface area contributed by atoms with Crippen LogP contribution in [-0.2, 0) is 19.0 Å². The number of hydrogen-bond acceptors (Lipinski definition) is 4. The van der Waals surface area contributed by atoms with E-state index in [9.17, 15) is 4.79 Å². The van der Waals surface area contributed by atoms with Crippen molar-refractivity contribution in [3.63, 3.8) is 0 Å². The van der Waals surface area contributed by atoms with Crippen LogP contribution in [0.1, 0.15) is 27.7 Å². The molecule has 1 aliphatic heterocycles. The second-order valence-corrected chi connectivity index (χ2v) is 5.29. The van der Waals surface area contributed by atoms with E-state index >= 15 is 0 Å². The third-order valence-electron chi connectivity index (χ3n) is 3.24. The van der Waals surface area contributed by atoms with Gasteiger partial charge in [0.25, 0.3) is 0 Å². The second kappa shape index (κ2) is 4.86. The highest BCUT2D eigenvalue weighted by atomic mass is 16.7. The number of carbonyl (C=O) groups is 1. The van der Waals surface area contributed by atoms with E-state index in [-0.39, 0.29) is 0 Å². The zero-order valence-electron chi connectivity index (χ0n) is 11.8. The number of hydrogen-bond donors (Lipinski definition) is 0. The van der Waals surface area contributed by atoms with Crippen molar-refractivity contribution in [2.45, 2.75) is 45.7 Å². The molecular weight excluding hydrogens is 232 g/mol. The molecule has 1 aliphatic rings. The van der Waals surface area contributed by atoms with Gasteiger partial charge in [0.1, 0.15) is 11.5 Å². The lowest BCUT2D eigenvalue weighted by atomic mass is 9.74. The summed E-state index contributed by atoms with van der Waals surface area (Å²) in [6.45, 7) is 14.8. The molecule has 4 nitrogen and oxygen atoms in total. The summed E-state index contributed by atoms with van der Waals surface area (Å²) >= 11 is 0. The van der Waals surface area contributed by atoms with Crippen LogP contribution >= 0.6 is 0 Å². The topological polar surface area (TPSA) is 44.8 Å². The van der Waals surface area contributed by atoms with Gasteiger partial charge in [0.05, 0.1) is 13.2 Å². The molecule has 0 unspecified atom stereocenters. The quantitative estimate of drug-likeness (QED) is 0.573. The standard InChI is InChI=1S/C14H22O4/c1-8-10-14(6,12(15)16-7)11(9(2)3)18-13(4,5)17-10/h8,10-11H,1-2H2,3-7H3/t10-,11-,14-/m1/s1. The van der Waals surface area contributed by atoms with Crippen LogP contribution in [0, 0.1) is 5.41 Å². The van der Waals surface area contributed by atoms with E-state index in [1.54, 1.807) is 26.8 Å². The molecule has 1 rings (SSSR count). The molecule has 0 amide bonds. The van der Waals surface area contributed by atoms with Gasteiger partial charge in [0.15, 0.2) is 5.79 Å². The lowest BCUT2D eigenvalue weighted by Gasteiger charge is -2.50. The maximum atomic E-state index is 12.1. The Labute approximate surface area is 109 Å². The van der Waals surface area contributed by atoms with Gasteiger partial charge in [-0.25, -0.2) is 0 Å². The minimum atomic E-state index is -0.974. The Morgan fingerprint density at radius 2 is 1.89 bits per heavy atom. The van der Waals surface area contributed by atoms with Crippen molar-refractivity contribution in [1.82, 2.24) is 0 Å². The maximum absolute atomic E-state index is 12.1. The summed E-state index contributed by atoms with van der Waals surface area (Å²) in [6.07, 6.45) is 0.643. The highest BCUT2D eigenvalue weighted by Crippen LogP contribution is 2.44. The fourth-order valence-electron chi connectivity index (χ4n) is 2.36. The molecule has 102 valence electrons. The first-order chi connectivity index (χ1) is 8.19. The smallest absolute Gasteiger partial charge is 0.317 e. The van der Waals surface area contributed by atoms with E-state index < -0.39 is 29.4 Å². The Morgan fingerprint density at radius 1 is 1.33 bits per heavy atom. The molecule has 1 heterocycles. The molecule has 1 fully saturated rings. The van der Waals surface area contributed by atoms with E-state index in [0.717, 1.165) is 5.57 Å². The first-order valence-corrected chi connectivity index (χ1v) is 5.91. The van der Waals surface area contributed by atoms with Crippen LogP contribution < -0.4 is 0 Å². The van der Waals surface area contributed by atoms with E-state index in [1.165, 1.54) is 7.11 Å². The molecule has 0 aromatic carbocycles. The van der Waals surface area contributed by atoms with Crippen molar-refractivity contribution in [3.8, 4) is 0 Å². The number of ether oxygens (including phenoxy) is 3. The third-order valence-corrected chi connectivity index (χ3v) is 3.24. The van der Waals surface area contributed by atoms with E-state index in [0.29, 0.717) is 0 Å². The summed E-state index contributed by atoms with van der Waals surface area (Å²) < 4.78 is 16.5. The zero-order valence-corrected chi connectivity index (χ0v) is 11.8. The summed E-state index contributed by atoms with van der Waals surface area (Å²) in [5.74, 6) is -1.19. The molecule has 0 bridgehead atoms. The molecule has 0 radical (unpaired) electrons. The molecule has 0 aromatic heterocycles. The number of carbonyl (C=O) groups excluding carboxylic acids is 1. The third kappa shape index (κ3) is 2.35. The van der Waals surface area contributed by atoms with Crippen LogP contribution in [-0.4, -0.2) is 31.1 Å². The normalized spacial score (nSPS) is 34.7.